The highest BCUT2D eigenvalue weighted by molar-refractivity contribution is 6.01. The van der Waals surface area contributed by atoms with Crippen LogP contribution in [-0.4, -0.2) is 13.0 Å². The highest BCUT2D eigenvalue weighted by atomic mass is 19.4. The molecule has 0 spiro atoms. The Morgan fingerprint density at radius 1 is 1.12 bits per heavy atom. The molecule has 0 aliphatic carbocycles. The summed E-state index contributed by atoms with van der Waals surface area (Å²) in [4.78, 5) is 11.7. The molecule has 0 bridgehead atoms. The van der Waals surface area contributed by atoms with E-state index < -0.39 is 23.5 Å². The molecule has 2 aromatic carbocycles. The van der Waals surface area contributed by atoms with Gasteiger partial charge in [0, 0.05) is 11.8 Å². The van der Waals surface area contributed by atoms with E-state index in [0.29, 0.717) is 5.56 Å². The van der Waals surface area contributed by atoms with Crippen LogP contribution in [0, 0.1) is 5.82 Å². The minimum atomic E-state index is -4.43. The Labute approximate surface area is 135 Å². The fraction of sp³-hybridized carbons (Fsp3) is 0.118. The SMILES string of the molecule is COc1ccc(/C=C/C(=O)Nc2ccc(C(F)(F)F)cc2)cc1F. The molecule has 3 nitrogen and oxygen atoms in total. The molecular formula is C17H13F4NO2. The fourth-order valence-electron chi connectivity index (χ4n) is 1.88. The van der Waals surface area contributed by atoms with Gasteiger partial charge in [0.05, 0.1) is 12.7 Å². The van der Waals surface area contributed by atoms with Gasteiger partial charge >= 0.3 is 6.18 Å². The van der Waals surface area contributed by atoms with E-state index in [2.05, 4.69) is 5.32 Å². The van der Waals surface area contributed by atoms with Crippen molar-refractivity contribution >= 4 is 17.7 Å². The maximum absolute atomic E-state index is 13.5. The topological polar surface area (TPSA) is 38.3 Å². The lowest BCUT2D eigenvalue weighted by Gasteiger charge is -2.07. The standard InChI is InChI=1S/C17H13F4NO2/c1-24-15-8-2-11(10-14(15)18)3-9-16(23)22-13-6-4-12(5-7-13)17(19,20)21/h2-10H,1H3,(H,22,23)/b9-3+. The van der Waals surface area contributed by atoms with Gasteiger partial charge in [-0.15, -0.1) is 0 Å². The number of ether oxygens (including phenoxy) is 1. The summed E-state index contributed by atoms with van der Waals surface area (Å²) in [5.74, 6) is -1.03. The number of benzene rings is 2. The molecule has 0 aliphatic heterocycles. The molecule has 0 heterocycles. The van der Waals surface area contributed by atoms with Crippen molar-refractivity contribution in [1.29, 1.82) is 0 Å². The van der Waals surface area contributed by atoms with Crippen LogP contribution in [0.4, 0.5) is 23.2 Å². The number of alkyl halides is 3. The third-order valence-corrected chi connectivity index (χ3v) is 3.08. The van der Waals surface area contributed by atoms with E-state index >= 15 is 0 Å². The number of carbonyl (C=O) groups is 1. The van der Waals surface area contributed by atoms with Gasteiger partial charge in [-0.1, -0.05) is 6.07 Å². The zero-order chi connectivity index (χ0) is 17.7. The highest BCUT2D eigenvalue weighted by Gasteiger charge is 2.29. The van der Waals surface area contributed by atoms with E-state index in [1.54, 1.807) is 6.07 Å². The largest absolute Gasteiger partial charge is 0.494 e. The molecule has 0 saturated heterocycles. The molecule has 0 unspecified atom stereocenters. The lowest BCUT2D eigenvalue weighted by Crippen LogP contribution is -2.09. The number of hydrogen-bond acceptors (Lipinski definition) is 2. The third kappa shape index (κ3) is 4.58. The van der Waals surface area contributed by atoms with Crippen molar-refractivity contribution in [3.8, 4) is 5.75 Å². The number of amides is 1. The van der Waals surface area contributed by atoms with E-state index in [1.807, 2.05) is 0 Å². The molecule has 2 aromatic rings. The molecule has 0 radical (unpaired) electrons. The van der Waals surface area contributed by atoms with Gasteiger partial charge in [0.15, 0.2) is 11.6 Å². The van der Waals surface area contributed by atoms with Crippen LogP contribution in [0.5, 0.6) is 5.75 Å². The summed E-state index contributed by atoms with van der Waals surface area (Å²) in [6.45, 7) is 0. The molecule has 24 heavy (non-hydrogen) atoms. The molecule has 1 N–H and O–H groups in total. The van der Waals surface area contributed by atoms with Crippen LogP contribution in [-0.2, 0) is 11.0 Å². The summed E-state index contributed by atoms with van der Waals surface area (Å²) in [5.41, 5.74) is -0.140. The monoisotopic (exact) mass is 339 g/mol. The zero-order valence-electron chi connectivity index (χ0n) is 12.5. The lowest BCUT2D eigenvalue weighted by atomic mass is 10.2. The quantitative estimate of drug-likeness (QED) is 0.658. The van der Waals surface area contributed by atoms with E-state index in [-0.39, 0.29) is 11.4 Å². The molecule has 7 heteroatoms. The van der Waals surface area contributed by atoms with Crippen LogP contribution in [0.15, 0.2) is 48.5 Å². The summed E-state index contributed by atoms with van der Waals surface area (Å²) in [7, 11) is 1.34. The second kappa shape index (κ2) is 7.16. The molecule has 2 rings (SSSR count). The maximum Gasteiger partial charge on any atom is 0.416 e. The van der Waals surface area contributed by atoms with Crippen molar-refractivity contribution in [3.63, 3.8) is 0 Å². The first-order valence-electron chi connectivity index (χ1n) is 6.79. The van der Waals surface area contributed by atoms with Crippen LogP contribution in [0.3, 0.4) is 0 Å². The first-order chi connectivity index (χ1) is 11.3. The third-order valence-electron chi connectivity index (χ3n) is 3.08. The molecule has 0 fully saturated rings. The number of hydrogen-bond donors (Lipinski definition) is 1. The summed E-state index contributed by atoms with van der Waals surface area (Å²) in [6, 6.07) is 8.23. The fourth-order valence-corrected chi connectivity index (χ4v) is 1.88. The predicted molar refractivity (Wildman–Crippen MR) is 82.1 cm³/mol. The van der Waals surface area contributed by atoms with Crippen LogP contribution in [0.2, 0.25) is 0 Å². The number of rotatable bonds is 4. The number of nitrogens with one attached hydrogen (secondary N) is 1. The van der Waals surface area contributed by atoms with Gasteiger partial charge in [-0.2, -0.15) is 13.2 Å². The zero-order valence-corrected chi connectivity index (χ0v) is 12.5. The Morgan fingerprint density at radius 3 is 2.33 bits per heavy atom. The minimum absolute atomic E-state index is 0.0846. The van der Waals surface area contributed by atoms with E-state index in [9.17, 15) is 22.4 Å². The molecule has 0 saturated carbocycles. The number of methoxy groups -OCH3 is 1. The Bertz CT molecular complexity index is 752. The van der Waals surface area contributed by atoms with Crippen molar-refractivity contribution in [2.45, 2.75) is 6.18 Å². The van der Waals surface area contributed by atoms with Gasteiger partial charge < -0.3 is 10.1 Å². The molecular weight excluding hydrogens is 326 g/mol. The number of anilines is 1. The first kappa shape index (κ1) is 17.5. The summed E-state index contributed by atoms with van der Waals surface area (Å²) in [6.07, 6.45) is -1.90. The van der Waals surface area contributed by atoms with E-state index in [4.69, 9.17) is 4.74 Å². The van der Waals surface area contributed by atoms with Crippen molar-refractivity contribution in [3.05, 3.63) is 65.5 Å². The normalized spacial score (nSPS) is 11.5. The average molecular weight is 339 g/mol. The maximum atomic E-state index is 13.5. The number of halogens is 4. The number of carbonyl (C=O) groups excluding carboxylic acids is 1. The second-order valence-corrected chi connectivity index (χ2v) is 4.79. The van der Waals surface area contributed by atoms with Gasteiger partial charge in [0.2, 0.25) is 5.91 Å². The van der Waals surface area contributed by atoms with Gasteiger partial charge in [-0.3, -0.25) is 4.79 Å². The molecule has 1 amide bonds. The second-order valence-electron chi connectivity index (χ2n) is 4.79. The molecule has 0 aromatic heterocycles. The first-order valence-corrected chi connectivity index (χ1v) is 6.79. The van der Waals surface area contributed by atoms with Crippen molar-refractivity contribution < 1.29 is 27.1 Å². The summed E-state index contributed by atoms with van der Waals surface area (Å²) < 4.78 is 55.6. The Kier molecular flexibility index (Phi) is 5.23. The summed E-state index contributed by atoms with van der Waals surface area (Å²) in [5, 5.41) is 2.42. The predicted octanol–water partition coefficient (Wildman–Crippen LogP) is 4.51. The van der Waals surface area contributed by atoms with E-state index in [0.717, 1.165) is 30.3 Å². The van der Waals surface area contributed by atoms with Crippen molar-refractivity contribution in [2.75, 3.05) is 12.4 Å². The van der Waals surface area contributed by atoms with Crippen LogP contribution < -0.4 is 10.1 Å². The summed E-state index contributed by atoms with van der Waals surface area (Å²) >= 11 is 0. The van der Waals surface area contributed by atoms with Gasteiger partial charge in [-0.25, -0.2) is 4.39 Å². The highest BCUT2D eigenvalue weighted by Crippen LogP contribution is 2.29. The van der Waals surface area contributed by atoms with Gasteiger partial charge in [-0.05, 0) is 48.0 Å². The Hall–Kier alpha value is -2.83. The lowest BCUT2D eigenvalue weighted by molar-refractivity contribution is -0.137. The van der Waals surface area contributed by atoms with Crippen molar-refractivity contribution in [2.24, 2.45) is 0 Å². The Balaban J connectivity index is 2.01. The van der Waals surface area contributed by atoms with E-state index in [1.165, 1.54) is 25.3 Å². The smallest absolute Gasteiger partial charge is 0.416 e. The Morgan fingerprint density at radius 2 is 1.79 bits per heavy atom. The van der Waals surface area contributed by atoms with Crippen LogP contribution in [0.25, 0.3) is 6.08 Å². The molecule has 0 atom stereocenters. The average Bonchev–Trinajstić information content (AvgIpc) is 2.53. The minimum Gasteiger partial charge on any atom is -0.494 e. The van der Waals surface area contributed by atoms with Gasteiger partial charge in [0.25, 0.3) is 0 Å². The van der Waals surface area contributed by atoms with Gasteiger partial charge in [0.1, 0.15) is 0 Å². The van der Waals surface area contributed by atoms with Crippen LogP contribution >= 0.6 is 0 Å². The molecule has 126 valence electrons. The van der Waals surface area contributed by atoms with Crippen LogP contribution in [0.1, 0.15) is 11.1 Å². The molecule has 0 aliphatic rings. The van der Waals surface area contributed by atoms with Crippen molar-refractivity contribution in [1.82, 2.24) is 0 Å².